The lowest BCUT2D eigenvalue weighted by atomic mass is 10.0. The Morgan fingerprint density at radius 3 is 2.82 bits per heavy atom. The third kappa shape index (κ3) is 2.67. The molecule has 0 aliphatic carbocycles. The standard InChI is InChI=1S/C17H15NO3S/c1-3-21-17(20)11-5-7-15-13(8-11)14(16(19)18-15)9-12-6-4-10(2)22-12/h4-9H,3H2,1-2H3,(H,18,19). The fourth-order valence-corrected chi connectivity index (χ4v) is 3.17. The van der Waals surface area contributed by atoms with Gasteiger partial charge in [0.1, 0.15) is 0 Å². The maximum atomic E-state index is 12.2. The summed E-state index contributed by atoms with van der Waals surface area (Å²) in [5.41, 5.74) is 2.48. The molecule has 22 heavy (non-hydrogen) atoms. The molecular weight excluding hydrogens is 298 g/mol. The summed E-state index contributed by atoms with van der Waals surface area (Å²) in [5.74, 6) is -0.530. The summed E-state index contributed by atoms with van der Waals surface area (Å²) in [6.45, 7) is 4.11. The number of hydrogen-bond donors (Lipinski definition) is 1. The van der Waals surface area contributed by atoms with E-state index in [-0.39, 0.29) is 11.9 Å². The number of esters is 1. The van der Waals surface area contributed by atoms with Gasteiger partial charge in [-0.15, -0.1) is 11.3 Å². The van der Waals surface area contributed by atoms with Gasteiger partial charge < -0.3 is 10.1 Å². The Morgan fingerprint density at radius 2 is 2.14 bits per heavy atom. The van der Waals surface area contributed by atoms with E-state index in [0.29, 0.717) is 17.7 Å². The number of aryl methyl sites for hydroxylation is 1. The minimum Gasteiger partial charge on any atom is -0.462 e. The molecule has 0 spiro atoms. The molecule has 1 aromatic heterocycles. The van der Waals surface area contributed by atoms with Crippen LogP contribution in [0.4, 0.5) is 5.69 Å². The third-order valence-corrected chi connectivity index (χ3v) is 4.31. The van der Waals surface area contributed by atoms with Gasteiger partial charge in [0.2, 0.25) is 0 Å². The molecule has 0 bridgehead atoms. The molecule has 1 aliphatic heterocycles. The number of anilines is 1. The number of ether oxygens (including phenoxy) is 1. The summed E-state index contributed by atoms with van der Waals surface area (Å²) in [6, 6.07) is 9.10. The van der Waals surface area contributed by atoms with E-state index in [4.69, 9.17) is 4.74 Å². The van der Waals surface area contributed by atoms with Crippen LogP contribution in [0.25, 0.3) is 11.6 Å². The second-order valence-electron chi connectivity index (χ2n) is 4.94. The third-order valence-electron chi connectivity index (χ3n) is 3.36. The number of benzene rings is 1. The van der Waals surface area contributed by atoms with Crippen molar-refractivity contribution in [3.05, 3.63) is 51.2 Å². The average molecular weight is 313 g/mol. The topological polar surface area (TPSA) is 55.4 Å². The van der Waals surface area contributed by atoms with Crippen molar-refractivity contribution in [3.8, 4) is 0 Å². The zero-order valence-electron chi connectivity index (χ0n) is 12.3. The quantitative estimate of drug-likeness (QED) is 0.694. The zero-order chi connectivity index (χ0) is 15.7. The summed E-state index contributed by atoms with van der Waals surface area (Å²) < 4.78 is 5.01. The van der Waals surface area contributed by atoms with Crippen LogP contribution in [0.2, 0.25) is 0 Å². The maximum absolute atomic E-state index is 12.2. The first-order chi connectivity index (χ1) is 10.6. The Labute approximate surface area is 132 Å². The molecule has 4 nitrogen and oxygen atoms in total. The first kappa shape index (κ1) is 14.5. The van der Waals surface area contributed by atoms with E-state index < -0.39 is 0 Å². The summed E-state index contributed by atoms with van der Waals surface area (Å²) in [7, 11) is 0. The Balaban J connectivity index is 2.02. The number of carbonyl (C=O) groups is 2. The van der Waals surface area contributed by atoms with Crippen LogP contribution in [0.15, 0.2) is 30.3 Å². The van der Waals surface area contributed by atoms with Crippen molar-refractivity contribution in [2.75, 3.05) is 11.9 Å². The maximum Gasteiger partial charge on any atom is 0.338 e. The van der Waals surface area contributed by atoms with E-state index in [0.717, 1.165) is 16.1 Å². The highest BCUT2D eigenvalue weighted by Crippen LogP contribution is 2.34. The molecule has 112 valence electrons. The summed E-state index contributed by atoms with van der Waals surface area (Å²) >= 11 is 1.62. The average Bonchev–Trinajstić information content (AvgIpc) is 3.03. The normalized spacial score (nSPS) is 14.8. The zero-order valence-corrected chi connectivity index (χ0v) is 13.1. The summed E-state index contributed by atoms with van der Waals surface area (Å²) in [5, 5.41) is 2.82. The lowest BCUT2D eigenvalue weighted by molar-refractivity contribution is -0.110. The predicted molar refractivity (Wildman–Crippen MR) is 88.0 cm³/mol. The van der Waals surface area contributed by atoms with Crippen molar-refractivity contribution >= 4 is 40.5 Å². The van der Waals surface area contributed by atoms with Crippen molar-refractivity contribution in [3.63, 3.8) is 0 Å². The smallest absolute Gasteiger partial charge is 0.338 e. The number of carbonyl (C=O) groups excluding carboxylic acids is 2. The van der Waals surface area contributed by atoms with Gasteiger partial charge in [-0.05, 0) is 50.3 Å². The molecule has 0 unspecified atom stereocenters. The van der Waals surface area contributed by atoms with E-state index >= 15 is 0 Å². The van der Waals surface area contributed by atoms with Gasteiger partial charge in [-0.1, -0.05) is 0 Å². The van der Waals surface area contributed by atoms with Gasteiger partial charge in [0.25, 0.3) is 5.91 Å². The molecule has 0 saturated heterocycles. The predicted octanol–water partition coefficient (Wildman–Crippen LogP) is 3.73. The second-order valence-corrected chi connectivity index (χ2v) is 6.26. The van der Waals surface area contributed by atoms with Crippen LogP contribution < -0.4 is 5.32 Å². The van der Waals surface area contributed by atoms with Crippen molar-refractivity contribution < 1.29 is 14.3 Å². The van der Waals surface area contributed by atoms with E-state index in [1.165, 1.54) is 4.88 Å². The Morgan fingerprint density at radius 1 is 1.32 bits per heavy atom. The number of rotatable bonds is 3. The number of amides is 1. The monoisotopic (exact) mass is 313 g/mol. The van der Waals surface area contributed by atoms with Crippen LogP contribution in [-0.2, 0) is 9.53 Å². The van der Waals surface area contributed by atoms with Gasteiger partial charge in [-0.3, -0.25) is 4.79 Å². The van der Waals surface area contributed by atoms with Crippen LogP contribution in [0.1, 0.15) is 32.6 Å². The molecule has 0 atom stereocenters. The summed E-state index contributed by atoms with van der Waals surface area (Å²) in [4.78, 5) is 26.2. The van der Waals surface area contributed by atoms with Crippen LogP contribution in [0, 0.1) is 6.92 Å². The minimum absolute atomic E-state index is 0.151. The van der Waals surface area contributed by atoms with Crippen molar-refractivity contribution in [2.24, 2.45) is 0 Å². The van der Waals surface area contributed by atoms with E-state index in [1.54, 1.807) is 36.5 Å². The van der Waals surface area contributed by atoms with Gasteiger partial charge in [-0.2, -0.15) is 0 Å². The fourth-order valence-electron chi connectivity index (χ4n) is 2.35. The first-order valence-electron chi connectivity index (χ1n) is 6.99. The molecule has 2 aromatic rings. The van der Waals surface area contributed by atoms with Gasteiger partial charge in [-0.25, -0.2) is 4.79 Å². The second kappa shape index (κ2) is 5.77. The molecule has 0 fully saturated rings. The van der Waals surface area contributed by atoms with E-state index in [2.05, 4.69) is 5.32 Å². The van der Waals surface area contributed by atoms with Crippen LogP contribution >= 0.6 is 11.3 Å². The molecule has 3 rings (SSSR count). The van der Waals surface area contributed by atoms with Crippen LogP contribution in [0.3, 0.4) is 0 Å². The van der Waals surface area contributed by atoms with Gasteiger partial charge in [0.15, 0.2) is 0 Å². The van der Waals surface area contributed by atoms with Crippen molar-refractivity contribution in [1.82, 2.24) is 0 Å². The highest BCUT2D eigenvalue weighted by molar-refractivity contribution is 7.12. The molecule has 2 heterocycles. The van der Waals surface area contributed by atoms with E-state index in [1.807, 2.05) is 25.1 Å². The Hall–Kier alpha value is -2.40. The Kier molecular flexibility index (Phi) is 3.81. The van der Waals surface area contributed by atoms with Crippen LogP contribution in [0.5, 0.6) is 0 Å². The van der Waals surface area contributed by atoms with Gasteiger partial charge >= 0.3 is 5.97 Å². The van der Waals surface area contributed by atoms with Crippen molar-refractivity contribution in [2.45, 2.75) is 13.8 Å². The molecule has 1 amide bonds. The lowest BCUT2D eigenvalue weighted by Crippen LogP contribution is -2.04. The van der Waals surface area contributed by atoms with E-state index in [9.17, 15) is 9.59 Å². The SMILES string of the molecule is CCOC(=O)c1ccc2c(c1)C(=Cc1ccc(C)s1)C(=O)N2. The van der Waals surface area contributed by atoms with Gasteiger partial charge in [0.05, 0.1) is 17.7 Å². The first-order valence-corrected chi connectivity index (χ1v) is 7.81. The number of fused-ring (bicyclic) bond motifs is 1. The van der Waals surface area contributed by atoms with Crippen LogP contribution in [-0.4, -0.2) is 18.5 Å². The van der Waals surface area contributed by atoms with Crippen molar-refractivity contribution in [1.29, 1.82) is 0 Å². The Bertz CT molecular complexity index is 789. The molecule has 5 heteroatoms. The highest BCUT2D eigenvalue weighted by atomic mass is 32.1. The molecule has 1 aliphatic rings. The molecular formula is C17H15NO3S. The number of nitrogens with one attached hydrogen (secondary N) is 1. The molecule has 0 radical (unpaired) electrons. The lowest BCUT2D eigenvalue weighted by Gasteiger charge is -2.04. The number of hydrogen-bond acceptors (Lipinski definition) is 4. The number of thiophene rings is 1. The molecule has 1 aromatic carbocycles. The largest absolute Gasteiger partial charge is 0.462 e. The summed E-state index contributed by atoms with van der Waals surface area (Å²) in [6.07, 6.45) is 1.85. The minimum atomic E-state index is -0.379. The fraction of sp³-hybridized carbons (Fsp3) is 0.176. The molecule has 0 saturated carbocycles. The highest BCUT2D eigenvalue weighted by Gasteiger charge is 2.25. The molecule has 1 N–H and O–H groups in total. The van der Waals surface area contributed by atoms with Gasteiger partial charge in [0, 0.05) is 21.0 Å².